The lowest BCUT2D eigenvalue weighted by atomic mass is 9.71. The highest BCUT2D eigenvalue weighted by molar-refractivity contribution is 5.94. The predicted octanol–water partition coefficient (Wildman–Crippen LogP) is 1.70. The fourth-order valence-electron chi connectivity index (χ4n) is 5.14. The van der Waals surface area contributed by atoms with Crippen molar-refractivity contribution in [3.05, 3.63) is 41.6 Å². The Morgan fingerprint density at radius 2 is 2.03 bits per heavy atom. The first kappa shape index (κ1) is 20.7. The van der Waals surface area contributed by atoms with Crippen molar-refractivity contribution in [2.75, 3.05) is 13.2 Å². The molecule has 1 amide bonds. The van der Waals surface area contributed by atoms with Crippen LogP contribution in [0.5, 0.6) is 0 Å². The van der Waals surface area contributed by atoms with E-state index in [0.717, 1.165) is 49.2 Å². The van der Waals surface area contributed by atoms with E-state index in [2.05, 4.69) is 32.7 Å². The maximum Gasteiger partial charge on any atom is 0.336 e. The van der Waals surface area contributed by atoms with Crippen LogP contribution in [0.2, 0.25) is 0 Å². The van der Waals surface area contributed by atoms with E-state index in [0.29, 0.717) is 18.2 Å². The van der Waals surface area contributed by atoms with E-state index < -0.39 is 0 Å². The molecule has 10 heteroatoms. The van der Waals surface area contributed by atoms with Crippen molar-refractivity contribution in [2.45, 2.75) is 58.0 Å². The molecule has 0 radical (unpaired) electrons. The summed E-state index contributed by atoms with van der Waals surface area (Å²) in [5.74, 6) is -0.147. The normalized spacial score (nSPS) is 26.8. The second-order valence-corrected chi connectivity index (χ2v) is 8.99. The molecule has 1 spiro atoms. The molecule has 2 aromatic rings. The largest absolute Gasteiger partial charge is 0.456 e. The highest BCUT2D eigenvalue weighted by Gasteiger charge is 2.50. The third-order valence-electron chi connectivity index (χ3n) is 7.17. The third kappa shape index (κ3) is 3.58. The Morgan fingerprint density at radius 1 is 1.22 bits per heavy atom. The summed E-state index contributed by atoms with van der Waals surface area (Å²) >= 11 is 0. The van der Waals surface area contributed by atoms with E-state index in [1.54, 1.807) is 22.7 Å². The highest BCUT2D eigenvalue weighted by Crippen LogP contribution is 2.46. The van der Waals surface area contributed by atoms with E-state index in [4.69, 9.17) is 4.74 Å². The first-order valence-corrected chi connectivity index (χ1v) is 11.1. The van der Waals surface area contributed by atoms with Crippen LogP contribution < -0.4 is 5.32 Å². The average Bonchev–Trinajstić information content (AvgIpc) is 3.53. The number of nitrogens with zero attached hydrogens (tertiary/aromatic N) is 6. The molecular formula is C22H27N7O3. The molecule has 3 aliphatic rings. The Labute approximate surface area is 186 Å². The topological polar surface area (TPSA) is 115 Å². The van der Waals surface area contributed by atoms with Gasteiger partial charge < -0.3 is 15.0 Å². The number of tetrazole rings is 1. The van der Waals surface area contributed by atoms with Crippen LogP contribution in [-0.4, -0.2) is 61.2 Å². The van der Waals surface area contributed by atoms with Gasteiger partial charge in [0.25, 0.3) is 0 Å². The van der Waals surface area contributed by atoms with Gasteiger partial charge in [-0.15, -0.1) is 5.10 Å². The molecule has 1 aliphatic carbocycles. The Morgan fingerprint density at radius 3 is 2.66 bits per heavy atom. The lowest BCUT2D eigenvalue weighted by Crippen LogP contribution is -2.42. The number of esters is 1. The van der Waals surface area contributed by atoms with Gasteiger partial charge >= 0.3 is 5.97 Å². The summed E-state index contributed by atoms with van der Waals surface area (Å²) in [6.45, 7) is 4.74. The fourth-order valence-corrected chi connectivity index (χ4v) is 5.14. The van der Waals surface area contributed by atoms with Crippen LogP contribution in [0.4, 0.5) is 0 Å². The standard InChI is InChI=1S/C22H27N7O3/c1-14-19(12-32-20(14)30)28-10-9-22(21(28)31)7-5-16(6-8-22)25-15(2)18-4-3-17(11-23-18)29-13-24-26-27-29/h3-4,11,13,15-16,25H,5-10,12H2,1-2H3/t15-,16-,22-/m1/s1. The second-order valence-electron chi connectivity index (χ2n) is 8.99. The number of carbonyl (C=O) groups excluding carboxylic acids is 2. The number of hydrogen-bond acceptors (Lipinski definition) is 8. The Hall–Kier alpha value is -3.14. The van der Waals surface area contributed by atoms with Gasteiger partial charge in [-0.25, -0.2) is 4.79 Å². The number of amides is 1. The lowest BCUT2D eigenvalue weighted by Gasteiger charge is -2.37. The number of aromatic nitrogens is 5. The zero-order valence-corrected chi connectivity index (χ0v) is 18.3. The molecule has 1 saturated carbocycles. The summed E-state index contributed by atoms with van der Waals surface area (Å²) in [6.07, 6.45) is 7.76. The summed E-state index contributed by atoms with van der Waals surface area (Å²) in [5, 5.41) is 14.8. The van der Waals surface area contributed by atoms with Gasteiger partial charge in [0.05, 0.1) is 34.3 Å². The van der Waals surface area contributed by atoms with Crippen LogP contribution in [0.3, 0.4) is 0 Å². The van der Waals surface area contributed by atoms with E-state index in [1.807, 2.05) is 12.1 Å². The van der Waals surface area contributed by atoms with Gasteiger partial charge in [0.1, 0.15) is 12.9 Å². The van der Waals surface area contributed by atoms with Gasteiger partial charge in [-0.05, 0) is 68.5 Å². The first-order valence-electron chi connectivity index (χ1n) is 11.1. The van der Waals surface area contributed by atoms with Crippen molar-refractivity contribution < 1.29 is 14.3 Å². The maximum absolute atomic E-state index is 13.3. The SMILES string of the molecule is CC1=C(N2CC[C@]3(CC[C@@H](N[C@H](C)c4ccc(-n5cnnn5)cn4)CC3)C2=O)COC1=O. The molecule has 2 fully saturated rings. The van der Waals surface area contributed by atoms with E-state index in [-0.39, 0.29) is 29.9 Å². The minimum Gasteiger partial charge on any atom is -0.456 e. The van der Waals surface area contributed by atoms with Crippen LogP contribution in [-0.2, 0) is 14.3 Å². The molecule has 2 aromatic heterocycles. The van der Waals surface area contributed by atoms with Crippen LogP contribution in [0, 0.1) is 5.41 Å². The molecule has 168 valence electrons. The molecule has 0 bridgehead atoms. The zero-order valence-electron chi connectivity index (χ0n) is 18.3. The molecule has 5 rings (SSSR count). The molecule has 1 N–H and O–H groups in total. The number of cyclic esters (lactones) is 1. The molecule has 10 nitrogen and oxygen atoms in total. The van der Waals surface area contributed by atoms with E-state index >= 15 is 0 Å². The van der Waals surface area contributed by atoms with E-state index in [1.165, 1.54) is 6.33 Å². The van der Waals surface area contributed by atoms with Gasteiger partial charge in [-0.1, -0.05) is 0 Å². The lowest BCUT2D eigenvalue weighted by molar-refractivity contribution is -0.138. The summed E-state index contributed by atoms with van der Waals surface area (Å²) < 4.78 is 6.68. The minimum absolute atomic E-state index is 0.0993. The highest BCUT2D eigenvalue weighted by atomic mass is 16.5. The monoisotopic (exact) mass is 437 g/mol. The summed E-state index contributed by atoms with van der Waals surface area (Å²) in [6, 6.07) is 4.38. The first-order chi connectivity index (χ1) is 15.5. The smallest absolute Gasteiger partial charge is 0.336 e. The van der Waals surface area contributed by atoms with Crippen molar-refractivity contribution in [1.82, 2.24) is 35.4 Å². The number of likely N-dealkylation sites (tertiary alicyclic amines) is 1. The number of ether oxygens (including phenoxy) is 1. The van der Waals surface area contributed by atoms with Gasteiger partial charge in [0.15, 0.2) is 0 Å². The Bertz CT molecular complexity index is 1040. The molecule has 0 unspecified atom stereocenters. The van der Waals surface area contributed by atoms with Crippen molar-refractivity contribution in [1.29, 1.82) is 0 Å². The second kappa shape index (κ2) is 8.09. The number of nitrogens with one attached hydrogen (secondary N) is 1. The maximum atomic E-state index is 13.3. The summed E-state index contributed by atoms with van der Waals surface area (Å²) in [4.78, 5) is 31.4. The minimum atomic E-state index is -0.310. The van der Waals surface area contributed by atoms with Crippen molar-refractivity contribution >= 4 is 11.9 Å². The van der Waals surface area contributed by atoms with Crippen molar-refractivity contribution in [3.63, 3.8) is 0 Å². The average molecular weight is 438 g/mol. The summed E-state index contributed by atoms with van der Waals surface area (Å²) in [5.41, 5.74) is 2.79. The number of pyridine rings is 1. The fraction of sp³-hybridized carbons (Fsp3) is 0.545. The quantitative estimate of drug-likeness (QED) is 0.703. The molecule has 2 aliphatic heterocycles. The zero-order chi connectivity index (χ0) is 22.3. The molecule has 1 atom stereocenters. The van der Waals surface area contributed by atoms with Crippen LogP contribution >= 0.6 is 0 Å². The molecular weight excluding hydrogens is 410 g/mol. The third-order valence-corrected chi connectivity index (χ3v) is 7.17. The van der Waals surface area contributed by atoms with Gasteiger partial charge in [0.2, 0.25) is 5.91 Å². The molecule has 32 heavy (non-hydrogen) atoms. The Kier molecular flexibility index (Phi) is 5.24. The Balaban J connectivity index is 1.18. The molecule has 4 heterocycles. The number of rotatable bonds is 5. The summed E-state index contributed by atoms with van der Waals surface area (Å²) in [7, 11) is 0. The van der Waals surface area contributed by atoms with E-state index in [9.17, 15) is 9.59 Å². The van der Waals surface area contributed by atoms with Gasteiger partial charge in [-0.2, -0.15) is 4.68 Å². The molecule has 1 saturated heterocycles. The van der Waals surface area contributed by atoms with Crippen LogP contribution in [0.25, 0.3) is 5.69 Å². The predicted molar refractivity (Wildman–Crippen MR) is 113 cm³/mol. The van der Waals surface area contributed by atoms with Gasteiger partial charge in [0, 0.05) is 18.6 Å². The van der Waals surface area contributed by atoms with Crippen LogP contribution in [0.1, 0.15) is 57.7 Å². The van der Waals surface area contributed by atoms with Gasteiger partial charge in [-0.3, -0.25) is 9.78 Å². The molecule has 0 aromatic carbocycles. The van der Waals surface area contributed by atoms with Crippen molar-refractivity contribution in [3.8, 4) is 5.69 Å². The van der Waals surface area contributed by atoms with Crippen LogP contribution in [0.15, 0.2) is 35.9 Å². The number of carbonyl (C=O) groups is 2. The van der Waals surface area contributed by atoms with Crippen molar-refractivity contribution in [2.24, 2.45) is 5.41 Å². The number of hydrogen-bond donors (Lipinski definition) is 1.